The summed E-state index contributed by atoms with van der Waals surface area (Å²) in [5.41, 5.74) is 7.82. The third-order valence-corrected chi connectivity index (χ3v) is 3.97. The van der Waals surface area contributed by atoms with Gasteiger partial charge < -0.3 is 10.5 Å². The van der Waals surface area contributed by atoms with Crippen molar-refractivity contribution in [3.05, 3.63) is 62.6 Å². The van der Waals surface area contributed by atoms with Crippen LogP contribution in [0.25, 0.3) is 0 Å². The molecule has 3 N–H and O–H groups in total. The molecule has 4 nitrogen and oxygen atoms in total. The maximum atomic E-state index is 11.9. The average Bonchev–Trinajstić information content (AvgIpc) is 2.47. The predicted octanol–water partition coefficient (Wildman–Crippen LogP) is 3.96. The second-order valence-corrected chi connectivity index (χ2v) is 6.56. The number of amides is 1. The summed E-state index contributed by atoms with van der Waals surface area (Å²) in [6, 6.07) is 11.1. The summed E-state index contributed by atoms with van der Waals surface area (Å²) in [6.45, 7) is 2.39. The number of nitrogens with two attached hydrogens (primary N) is 1. The monoisotopic (exact) mass is 412 g/mol. The number of hydrogen-bond acceptors (Lipinski definition) is 3. The van der Waals surface area contributed by atoms with Crippen LogP contribution < -0.4 is 15.8 Å². The molecule has 0 fully saturated rings. The largest absolute Gasteiger partial charge is 0.486 e. The van der Waals surface area contributed by atoms with Gasteiger partial charge in [0.2, 0.25) is 0 Å². The Labute approximate surface area is 153 Å². The lowest BCUT2D eigenvalue weighted by Crippen LogP contribution is -2.34. The number of nitrogens with one attached hydrogen (secondary N) is 1. The second-order valence-electron chi connectivity index (χ2n) is 4.86. The van der Waals surface area contributed by atoms with Gasteiger partial charge in [-0.15, -0.1) is 0 Å². The maximum Gasteiger partial charge on any atom is 0.257 e. The number of benzene rings is 2. The van der Waals surface area contributed by atoms with E-state index in [1.807, 2.05) is 31.2 Å². The maximum absolute atomic E-state index is 11.9. The Morgan fingerprint density at radius 2 is 2.00 bits per heavy atom. The number of halogens is 2. The van der Waals surface area contributed by atoms with Crippen LogP contribution in [0.4, 0.5) is 0 Å². The van der Waals surface area contributed by atoms with E-state index in [9.17, 15) is 4.79 Å². The van der Waals surface area contributed by atoms with Gasteiger partial charge in [-0.05, 0) is 52.8 Å². The summed E-state index contributed by atoms with van der Waals surface area (Å²) in [4.78, 5) is 11.9. The van der Waals surface area contributed by atoms with E-state index in [-0.39, 0.29) is 5.11 Å². The van der Waals surface area contributed by atoms with Gasteiger partial charge in [-0.3, -0.25) is 10.1 Å². The van der Waals surface area contributed by atoms with E-state index >= 15 is 0 Å². The highest BCUT2D eigenvalue weighted by Gasteiger charge is 2.14. The highest BCUT2D eigenvalue weighted by molar-refractivity contribution is 9.10. The first-order valence-corrected chi connectivity index (χ1v) is 8.23. The van der Waals surface area contributed by atoms with Crippen molar-refractivity contribution >= 4 is 50.8 Å². The lowest BCUT2D eigenvalue weighted by atomic mass is 10.1. The van der Waals surface area contributed by atoms with Gasteiger partial charge in [0.15, 0.2) is 10.9 Å². The Hall–Kier alpha value is -1.63. The van der Waals surface area contributed by atoms with Gasteiger partial charge in [0.1, 0.15) is 6.61 Å². The first kappa shape index (κ1) is 17.7. The summed E-state index contributed by atoms with van der Waals surface area (Å²) in [6.07, 6.45) is 0. The molecule has 0 atom stereocenters. The summed E-state index contributed by atoms with van der Waals surface area (Å²) in [5, 5.41) is 2.57. The third kappa shape index (κ3) is 4.92. The molecule has 0 radical (unpaired) electrons. The molecule has 0 unspecified atom stereocenters. The number of aryl methyl sites for hydroxylation is 1. The third-order valence-electron chi connectivity index (χ3n) is 3.00. The van der Waals surface area contributed by atoms with Crippen molar-refractivity contribution in [2.45, 2.75) is 13.5 Å². The number of ether oxygens (including phenoxy) is 1. The van der Waals surface area contributed by atoms with Crippen LogP contribution in [0.3, 0.4) is 0 Å². The molecule has 0 aliphatic heterocycles. The highest BCUT2D eigenvalue weighted by atomic mass is 79.9. The van der Waals surface area contributed by atoms with E-state index in [4.69, 9.17) is 22.1 Å². The van der Waals surface area contributed by atoms with Gasteiger partial charge in [-0.1, -0.05) is 41.4 Å². The smallest absolute Gasteiger partial charge is 0.257 e. The van der Waals surface area contributed by atoms with E-state index < -0.39 is 5.91 Å². The van der Waals surface area contributed by atoms with Crippen molar-refractivity contribution in [2.24, 2.45) is 5.73 Å². The lowest BCUT2D eigenvalue weighted by Gasteiger charge is -2.12. The molecular formula is C16H14BrClN2O2S. The van der Waals surface area contributed by atoms with Crippen LogP contribution in [0.15, 0.2) is 40.9 Å². The second kappa shape index (κ2) is 7.77. The Morgan fingerprint density at radius 3 is 2.57 bits per heavy atom. The van der Waals surface area contributed by atoms with Crippen LogP contribution >= 0.6 is 39.7 Å². The number of carbonyl (C=O) groups excluding carboxylic acids is 1. The molecule has 2 aromatic carbocycles. The molecule has 7 heteroatoms. The van der Waals surface area contributed by atoms with E-state index in [2.05, 4.69) is 33.5 Å². The number of thiocarbonyl (C=S) groups is 1. The molecule has 0 aromatic heterocycles. The van der Waals surface area contributed by atoms with Crippen LogP contribution in [0.1, 0.15) is 21.5 Å². The molecule has 0 aliphatic rings. The van der Waals surface area contributed by atoms with Crippen molar-refractivity contribution in [2.75, 3.05) is 0 Å². The van der Waals surface area contributed by atoms with Gasteiger partial charge in [-0.2, -0.15) is 0 Å². The Bertz CT molecular complexity index is 727. The van der Waals surface area contributed by atoms with Gasteiger partial charge in [0, 0.05) is 5.56 Å². The summed E-state index contributed by atoms with van der Waals surface area (Å²) in [7, 11) is 0. The highest BCUT2D eigenvalue weighted by Crippen LogP contribution is 2.35. The van der Waals surface area contributed by atoms with Crippen LogP contribution in [0.2, 0.25) is 5.02 Å². The minimum absolute atomic E-state index is 0.0954. The van der Waals surface area contributed by atoms with Crippen LogP contribution in [0.5, 0.6) is 5.75 Å². The molecule has 1 amide bonds. The fraction of sp³-hybridized carbons (Fsp3) is 0.125. The van der Waals surface area contributed by atoms with Crippen molar-refractivity contribution < 1.29 is 9.53 Å². The Balaban J connectivity index is 2.15. The molecule has 0 saturated carbocycles. The fourth-order valence-electron chi connectivity index (χ4n) is 1.85. The van der Waals surface area contributed by atoms with Crippen LogP contribution in [-0.4, -0.2) is 11.0 Å². The number of carbonyl (C=O) groups is 1. The first-order chi connectivity index (χ1) is 10.9. The molecule has 2 aromatic rings. The fourth-order valence-corrected chi connectivity index (χ4v) is 2.91. The van der Waals surface area contributed by atoms with Crippen LogP contribution in [-0.2, 0) is 6.61 Å². The Kier molecular flexibility index (Phi) is 5.98. The minimum atomic E-state index is -0.426. The molecule has 0 aliphatic carbocycles. The standard InChI is InChI=1S/C16H14BrClN2O2S/c1-9-2-4-10(5-3-9)8-22-14-12(17)6-11(7-13(14)18)15(21)20-16(19)23/h2-7H,8H2,1H3,(H3,19,20,21,23). The van der Waals surface area contributed by atoms with E-state index in [1.165, 1.54) is 11.6 Å². The summed E-state index contributed by atoms with van der Waals surface area (Å²) < 4.78 is 6.32. The molecule has 0 spiro atoms. The molecule has 120 valence electrons. The van der Waals surface area contributed by atoms with E-state index in [0.717, 1.165) is 5.56 Å². The van der Waals surface area contributed by atoms with Crippen LogP contribution in [0, 0.1) is 6.92 Å². The van der Waals surface area contributed by atoms with Crippen molar-refractivity contribution in [3.8, 4) is 5.75 Å². The number of hydrogen-bond donors (Lipinski definition) is 2. The predicted molar refractivity (Wildman–Crippen MR) is 98.9 cm³/mol. The average molecular weight is 414 g/mol. The molecule has 0 saturated heterocycles. The molecule has 0 bridgehead atoms. The van der Waals surface area contributed by atoms with Crippen molar-refractivity contribution in [1.29, 1.82) is 0 Å². The van der Waals surface area contributed by atoms with Gasteiger partial charge in [0.25, 0.3) is 5.91 Å². The first-order valence-electron chi connectivity index (χ1n) is 6.65. The molecule has 2 rings (SSSR count). The van der Waals surface area contributed by atoms with Gasteiger partial charge in [0.05, 0.1) is 9.50 Å². The zero-order chi connectivity index (χ0) is 17.0. The van der Waals surface area contributed by atoms with E-state index in [0.29, 0.717) is 27.4 Å². The minimum Gasteiger partial charge on any atom is -0.486 e. The van der Waals surface area contributed by atoms with Gasteiger partial charge >= 0.3 is 0 Å². The molecular weight excluding hydrogens is 400 g/mol. The number of rotatable bonds is 4. The van der Waals surface area contributed by atoms with Crippen molar-refractivity contribution in [3.63, 3.8) is 0 Å². The molecule has 0 heterocycles. The van der Waals surface area contributed by atoms with Crippen molar-refractivity contribution in [1.82, 2.24) is 5.32 Å². The quantitative estimate of drug-likeness (QED) is 0.745. The topological polar surface area (TPSA) is 64.3 Å². The summed E-state index contributed by atoms with van der Waals surface area (Å²) >= 11 is 14.2. The zero-order valence-corrected chi connectivity index (χ0v) is 15.4. The molecule has 23 heavy (non-hydrogen) atoms. The SMILES string of the molecule is Cc1ccc(COc2c(Cl)cc(C(=O)NC(N)=S)cc2Br)cc1. The lowest BCUT2D eigenvalue weighted by molar-refractivity contribution is 0.0977. The zero-order valence-electron chi connectivity index (χ0n) is 12.2. The van der Waals surface area contributed by atoms with Gasteiger partial charge in [-0.25, -0.2) is 0 Å². The summed E-state index contributed by atoms with van der Waals surface area (Å²) in [5.74, 6) is 0.0456. The normalized spacial score (nSPS) is 10.2. The Morgan fingerprint density at radius 1 is 1.35 bits per heavy atom. The van der Waals surface area contributed by atoms with E-state index in [1.54, 1.807) is 6.07 Å².